The largest absolute Gasteiger partial charge is 0.192 e. The molecule has 1 aromatic carbocycles. The van der Waals surface area contributed by atoms with Gasteiger partial charge in [0.1, 0.15) is 17.4 Å². The van der Waals surface area contributed by atoms with E-state index in [0.717, 1.165) is 0 Å². The minimum absolute atomic E-state index is 0.0606. The fourth-order valence-corrected chi connectivity index (χ4v) is 0.747. The summed E-state index contributed by atoms with van der Waals surface area (Å²) >= 11 is 0. The summed E-state index contributed by atoms with van der Waals surface area (Å²) < 4.78 is 0. The van der Waals surface area contributed by atoms with Crippen molar-refractivity contribution in [2.24, 2.45) is 10.4 Å². The quantitative estimate of drug-likeness (QED) is 0.624. The number of nitriles is 1. The molecule has 0 heterocycles. The lowest BCUT2D eigenvalue weighted by atomic mass is 10.2. The van der Waals surface area contributed by atoms with Crippen molar-refractivity contribution in [3.05, 3.63) is 33.6 Å². The Balaban J connectivity index is 3.30. The van der Waals surface area contributed by atoms with E-state index in [-0.39, 0.29) is 16.9 Å². The average molecular weight is 161 g/mol. The molecule has 0 aromatic heterocycles. The fourth-order valence-electron chi connectivity index (χ4n) is 0.747. The van der Waals surface area contributed by atoms with Gasteiger partial charge in [0.15, 0.2) is 0 Å². The van der Waals surface area contributed by atoms with E-state index in [4.69, 9.17) is 5.26 Å². The molecule has 0 bridgehead atoms. The Bertz CT molecular complexity index is 367. The smallest absolute Gasteiger partial charge is 0.128 e. The van der Waals surface area contributed by atoms with Gasteiger partial charge in [0.05, 0.1) is 5.56 Å². The van der Waals surface area contributed by atoms with Crippen LogP contribution in [0.3, 0.4) is 0 Å². The topological polar surface area (TPSA) is 82.7 Å². The standard InChI is InChI=1S/C7H3N3O2/c8-4-5-1-2-6(9-11)3-7(5)10-12/h1-3H. The number of hydrogen-bond acceptors (Lipinski definition) is 5. The zero-order valence-electron chi connectivity index (χ0n) is 5.89. The second kappa shape index (κ2) is 3.34. The fraction of sp³-hybridized carbons (Fsp3) is 0. The molecule has 5 nitrogen and oxygen atoms in total. The molecule has 0 radical (unpaired) electrons. The highest BCUT2D eigenvalue weighted by atomic mass is 16.3. The van der Waals surface area contributed by atoms with Gasteiger partial charge in [-0.15, -0.1) is 9.81 Å². The minimum atomic E-state index is -0.0606. The van der Waals surface area contributed by atoms with Crippen molar-refractivity contribution in [1.82, 2.24) is 0 Å². The lowest BCUT2D eigenvalue weighted by molar-refractivity contribution is 1.40. The van der Waals surface area contributed by atoms with Crippen molar-refractivity contribution in [3.8, 4) is 6.07 Å². The van der Waals surface area contributed by atoms with Gasteiger partial charge in [0.25, 0.3) is 0 Å². The van der Waals surface area contributed by atoms with Gasteiger partial charge in [-0.2, -0.15) is 5.26 Å². The molecule has 5 heteroatoms. The molecule has 0 saturated carbocycles. The second-order valence-electron chi connectivity index (χ2n) is 2.00. The van der Waals surface area contributed by atoms with Gasteiger partial charge in [-0.3, -0.25) is 0 Å². The molecule has 0 atom stereocenters. The third-order valence-electron chi connectivity index (χ3n) is 1.31. The first-order chi connectivity index (χ1) is 5.81. The monoisotopic (exact) mass is 161 g/mol. The van der Waals surface area contributed by atoms with Crippen LogP contribution in [0.1, 0.15) is 5.56 Å². The summed E-state index contributed by atoms with van der Waals surface area (Å²) in [7, 11) is 0. The summed E-state index contributed by atoms with van der Waals surface area (Å²) in [6.07, 6.45) is 0. The van der Waals surface area contributed by atoms with Gasteiger partial charge in [0, 0.05) is 0 Å². The van der Waals surface area contributed by atoms with Crippen molar-refractivity contribution in [2.45, 2.75) is 0 Å². The van der Waals surface area contributed by atoms with E-state index in [0.29, 0.717) is 0 Å². The van der Waals surface area contributed by atoms with Crippen LogP contribution in [0.15, 0.2) is 28.6 Å². The zero-order chi connectivity index (χ0) is 8.97. The predicted molar refractivity (Wildman–Crippen MR) is 42.1 cm³/mol. The maximum absolute atomic E-state index is 10.1. The van der Waals surface area contributed by atoms with E-state index >= 15 is 0 Å². The van der Waals surface area contributed by atoms with E-state index in [1.807, 2.05) is 0 Å². The summed E-state index contributed by atoms with van der Waals surface area (Å²) in [6.45, 7) is 0. The molecule has 1 rings (SSSR count). The average Bonchev–Trinajstić information content (AvgIpc) is 2.16. The minimum Gasteiger partial charge on any atom is -0.192 e. The third-order valence-corrected chi connectivity index (χ3v) is 1.31. The van der Waals surface area contributed by atoms with E-state index in [9.17, 15) is 9.81 Å². The van der Waals surface area contributed by atoms with Crippen molar-refractivity contribution < 1.29 is 0 Å². The Kier molecular flexibility index (Phi) is 2.23. The molecule has 0 amide bonds. The molecule has 0 saturated heterocycles. The normalized spacial score (nSPS) is 8.58. The van der Waals surface area contributed by atoms with Gasteiger partial charge in [0.2, 0.25) is 0 Å². The Morgan fingerprint density at radius 1 is 1.25 bits per heavy atom. The number of rotatable bonds is 2. The Hall–Kier alpha value is -2.09. The van der Waals surface area contributed by atoms with Crippen LogP contribution in [-0.4, -0.2) is 0 Å². The first kappa shape index (κ1) is 8.01. The molecule has 1 aromatic rings. The molecule has 0 unspecified atom stereocenters. The van der Waals surface area contributed by atoms with Gasteiger partial charge in [-0.1, -0.05) is 0 Å². The first-order valence-corrected chi connectivity index (χ1v) is 3.02. The highest BCUT2D eigenvalue weighted by molar-refractivity contribution is 5.59. The molecule has 0 spiro atoms. The molecule has 0 aliphatic heterocycles. The number of nitrogens with zero attached hydrogens (tertiary/aromatic N) is 3. The Morgan fingerprint density at radius 2 is 2.00 bits per heavy atom. The number of hydrogen-bond donors (Lipinski definition) is 0. The molecule has 58 valence electrons. The number of benzene rings is 1. The lowest BCUT2D eigenvalue weighted by Gasteiger charge is -1.92. The maximum Gasteiger partial charge on any atom is 0.128 e. The van der Waals surface area contributed by atoms with Gasteiger partial charge < -0.3 is 0 Å². The highest BCUT2D eigenvalue weighted by Crippen LogP contribution is 2.24. The van der Waals surface area contributed by atoms with Gasteiger partial charge >= 0.3 is 0 Å². The Labute approximate surface area is 67.6 Å². The van der Waals surface area contributed by atoms with Crippen LogP contribution in [0.2, 0.25) is 0 Å². The first-order valence-electron chi connectivity index (χ1n) is 3.02. The predicted octanol–water partition coefficient (Wildman–Crippen LogP) is 2.35. The van der Waals surface area contributed by atoms with Crippen LogP contribution < -0.4 is 0 Å². The van der Waals surface area contributed by atoms with Crippen molar-refractivity contribution in [2.75, 3.05) is 0 Å². The molecular formula is C7H3N3O2. The van der Waals surface area contributed by atoms with Gasteiger partial charge in [-0.05, 0) is 28.6 Å². The summed E-state index contributed by atoms with van der Waals surface area (Å²) in [6, 6.07) is 5.60. The van der Waals surface area contributed by atoms with E-state index in [1.54, 1.807) is 6.07 Å². The SMILES string of the molecule is N#Cc1ccc(N=O)cc1N=O. The van der Waals surface area contributed by atoms with Crippen LogP contribution in [-0.2, 0) is 0 Å². The molecule has 12 heavy (non-hydrogen) atoms. The van der Waals surface area contributed by atoms with Crippen LogP contribution in [0.25, 0.3) is 0 Å². The van der Waals surface area contributed by atoms with Crippen LogP contribution in [0.5, 0.6) is 0 Å². The van der Waals surface area contributed by atoms with Crippen LogP contribution in [0.4, 0.5) is 11.4 Å². The van der Waals surface area contributed by atoms with E-state index in [2.05, 4.69) is 10.4 Å². The van der Waals surface area contributed by atoms with E-state index in [1.165, 1.54) is 18.2 Å². The highest BCUT2D eigenvalue weighted by Gasteiger charge is 2.03. The van der Waals surface area contributed by atoms with Gasteiger partial charge in [-0.25, -0.2) is 0 Å². The summed E-state index contributed by atoms with van der Waals surface area (Å²) in [4.78, 5) is 20.1. The number of nitroso groups, excluding NO2 is 2. The summed E-state index contributed by atoms with van der Waals surface area (Å²) in [5, 5.41) is 13.6. The van der Waals surface area contributed by atoms with E-state index < -0.39 is 0 Å². The van der Waals surface area contributed by atoms with Crippen molar-refractivity contribution in [3.63, 3.8) is 0 Å². The maximum atomic E-state index is 10.1. The zero-order valence-corrected chi connectivity index (χ0v) is 5.89. The van der Waals surface area contributed by atoms with Crippen LogP contribution >= 0.6 is 0 Å². The molecule has 0 N–H and O–H groups in total. The van der Waals surface area contributed by atoms with Crippen molar-refractivity contribution >= 4 is 11.4 Å². The third kappa shape index (κ3) is 1.32. The Morgan fingerprint density at radius 3 is 2.50 bits per heavy atom. The molecule has 0 aliphatic carbocycles. The molecular weight excluding hydrogens is 158 g/mol. The molecule has 0 fully saturated rings. The summed E-state index contributed by atoms with van der Waals surface area (Å²) in [5.41, 5.74) is 0.163. The lowest BCUT2D eigenvalue weighted by Crippen LogP contribution is -1.73. The molecule has 0 aliphatic rings. The van der Waals surface area contributed by atoms with Crippen LogP contribution in [0, 0.1) is 21.1 Å². The van der Waals surface area contributed by atoms with Crippen molar-refractivity contribution in [1.29, 1.82) is 5.26 Å². The second-order valence-corrected chi connectivity index (χ2v) is 2.00. The summed E-state index contributed by atoms with van der Waals surface area (Å²) in [5.74, 6) is 0.